The van der Waals surface area contributed by atoms with Crippen LogP contribution in [0.25, 0.3) is 0 Å². The Labute approximate surface area is 172 Å². The first kappa shape index (κ1) is 19.0. The molecule has 0 bridgehead atoms. The zero-order valence-electron chi connectivity index (χ0n) is 17.5. The highest BCUT2D eigenvalue weighted by atomic mass is 16.5. The van der Waals surface area contributed by atoms with Crippen LogP contribution in [-0.4, -0.2) is 60.9 Å². The molecule has 1 spiro atoms. The van der Waals surface area contributed by atoms with Crippen molar-refractivity contribution in [3.63, 3.8) is 0 Å². The third kappa shape index (κ3) is 3.65. The summed E-state index contributed by atoms with van der Waals surface area (Å²) in [6, 6.07) is 8.83. The topological polar surface area (TPSA) is 50.7 Å². The number of hydrogen-bond acceptors (Lipinski definition) is 6. The van der Waals surface area contributed by atoms with Gasteiger partial charge in [-0.25, -0.2) is 9.97 Å². The number of fused-ring (bicyclic) bond motifs is 2. The van der Waals surface area contributed by atoms with Crippen LogP contribution in [-0.2, 0) is 28.0 Å². The highest BCUT2D eigenvalue weighted by Crippen LogP contribution is 2.41. The van der Waals surface area contributed by atoms with Crippen LogP contribution in [0.1, 0.15) is 34.5 Å². The molecule has 2 fully saturated rings. The lowest BCUT2D eigenvalue weighted by Crippen LogP contribution is -2.42. The maximum absolute atomic E-state index is 6.08. The molecule has 4 heterocycles. The summed E-state index contributed by atoms with van der Waals surface area (Å²) in [5.41, 5.74) is 6.17. The maximum Gasteiger partial charge on any atom is 0.225 e. The Morgan fingerprint density at radius 3 is 2.76 bits per heavy atom. The predicted molar refractivity (Wildman–Crippen MR) is 112 cm³/mol. The van der Waals surface area contributed by atoms with E-state index in [9.17, 15) is 0 Å². The standard InChI is InChI=1S/C23H30N4O2/c1-17-4-3-5-19(12-17)13-26-7-6-23(15-26)16-29-14-20-18(2)24-22(25-21(20)23)27-8-10-28-11-9-27/h3-5,12H,6-11,13-16H2,1-2H3. The van der Waals surface area contributed by atoms with Crippen molar-refractivity contribution in [1.29, 1.82) is 0 Å². The molecule has 1 aromatic heterocycles. The van der Waals surface area contributed by atoms with Gasteiger partial charge in [-0.15, -0.1) is 0 Å². The number of ether oxygens (including phenoxy) is 2. The van der Waals surface area contributed by atoms with E-state index in [4.69, 9.17) is 19.4 Å². The van der Waals surface area contributed by atoms with Gasteiger partial charge in [-0.2, -0.15) is 0 Å². The van der Waals surface area contributed by atoms with E-state index in [1.54, 1.807) is 0 Å². The summed E-state index contributed by atoms with van der Waals surface area (Å²) in [5.74, 6) is 0.864. The molecule has 3 aliphatic heterocycles. The minimum atomic E-state index is -0.0217. The Morgan fingerprint density at radius 2 is 1.93 bits per heavy atom. The molecular weight excluding hydrogens is 364 g/mol. The van der Waals surface area contributed by atoms with Crippen molar-refractivity contribution in [2.45, 2.75) is 38.8 Å². The van der Waals surface area contributed by atoms with Crippen LogP contribution >= 0.6 is 0 Å². The van der Waals surface area contributed by atoms with Crippen molar-refractivity contribution in [3.05, 3.63) is 52.3 Å². The molecule has 0 saturated carbocycles. The van der Waals surface area contributed by atoms with Crippen LogP contribution < -0.4 is 4.90 Å². The highest BCUT2D eigenvalue weighted by Gasteiger charge is 2.45. The van der Waals surface area contributed by atoms with Crippen LogP contribution in [0.3, 0.4) is 0 Å². The Morgan fingerprint density at radius 1 is 1.07 bits per heavy atom. The molecule has 2 aromatic rings. The fourth-order valence-electron chi connectivity index (χ4n) is 4.99. The van der Waals surface area contributed by atoms with Gasteiger partial charge >= 0.3 is 0 Å². The first-order valence-corrected chi connectivity index (χ1v) is 10.7. The molecule has 1 atom stereocenters. The van der Waals surface area contributed by atoms with Crippen molar-refractivity contribution in [3.8, 4) is 0 Å². The Balaban J connectivity index is 1.43. The van der Waals surface area contributed by atoms with Gasteiger partial charge in [-0.3, -0.25) is 4.90 Å². The quantitative estimate of drug-likeness (QED) is 0.798. The van der Waals surface area contributed by atoms with E-state index in [0.29, 0.717) is 6.61 Å². The molecule has 3 aliphatic rings. The van der Waals surface area contributed by atoms with Gasteiger partial charge in [-0.1, -0.05) is 29.8 Å². The number of morpholine rings is 1. The number of benzene rings is 1. The van der Waals surface area contributed by atoms with Crippen molar-refractivity contribution < 1.29 is 9.47 Å². The van der Waals surface area contributed by atoms with Crippen LogP contribution in [0, 0.1) is 13.8 Å². The van der Waals surface area contributed by atoms with Gasteiger partial charge in [0.15, 0.2) is 0 Å². The number of hydrogen-bond donors (Lipinski definition) is 0. The van der Waals surface area contributed by atoms with Gasteiger partial charge in [0.1, 0.15) is 0 Å². The Kier molecular flexibility index (Phi) is 5.02. The highest BCUT2D eigenvalue weighted by molar-refractivity contribution is 5.42. The predicted octanol–water partition coefficient (Wildman–Crippen LogP) is 2.60. The van der Waals surface area contributed by atoms with Gasteiger partial charge in [0.25, 0.3) is 0 Å². The van der Waals surface area contributed by atoms with E-state index in [1.807, 2.05) is 0 Å². The summed E-state index contributed by atoms with van der Waals surface area (Å²) in [5, 5.41) is 0. The van der Waals surface area contributed by atoms with Crippen LogP contribution in [0.15, 0.2) is 24.3 Å². The fraction of sp³-hybridized carbons (Fsp3) is 0.565. The molecule has 1 unspecified atom stereocenters. The minimum Gasteiger partial charge on any atom is -0.378 e. The summed E-state index contributed by atoms with van der Waals surface area (Å²) in [7, 11) is 0. The first-order chi connectivity index (χ1) is 14.1. The van der Waals surface area contributed by atoms with Crippen LogP contribution in [0.2, 0.25) is 0 Å². The fourth-order valence-corrected chi connectivity index (χ4v) is 4.99. The molecule has 0 N–H and O–H groups in total. The smallest absolute Gasteiger partial charge is 0.225 e. The summed E-state index contributed by atoms with van der Waals surface area (Å²) in [6.07, 6.45) is 1.09. The van der Waals surface area contributed by atoms with Crippen molar-refractivity contribution in [2.75, 3.05) is 50.9 Å². The molecule has 0 aliphatic carbocycles. The minimum absolute atomic E-state index is 0.0217. The number of aryl methyl sites for hydroxylation is 2. The number of nitrogens with zero attached hydrogens (tertiary/aromatic N) is 4. The maximum atomic E-state index is 6.08. The van der Waals surface area contributed by atoms with E-state index in [-0.39, 0.29) is 5.41 Å². The van der Waals surface area contributed by atoms with Crippen LogP contribution in [0.4, 0.5) is 5.95 Å². The third-order valence-electron chi connectivity index (χ3n) is 6.54. The van der Waals surface area contributed by atoms with Crippen molar-refractivity contribution >= 4 is 5.95 Å². The SMILES string of the molecule is Cc1cccc(CN2CCC3(COCc4c(C)nc(N5CCOCC5)nc43)C2)c1. The van der Waals surface area contributed by atoms with Gasteiger partial charge in [-0.05, 0) is 32.4 Å². The number of rotatable bonds is 3. The van der Waals surface area contributed by atoms with E-state index < -0.39 is 0 Å². The molecule has 29 heavy (non-hydrogen) atoms. The Bertz CT molecular complexity index is 896. The van der Waals surface area contributed by atoms with Gasteiger partial charge in [0, 0.05) is 37.4 Å². The summed E-state index contributed by atoms with van der Waals surface area (Å²) in [6.45, 7) is 11.9. The number of likely N-dealkylation sites (tertiary alicyclic amines) is 1. The number of aromatic nitrogens is 2. The van der Waals surface area contributed by atoms with Crippen molar-refractivity contribution in [1.82, 2.24) is 14.9 Å². The second kappa shape index (κ2) is 7.67. The molecule has 154 valence electrons. The van der Waals surface area contributed by atoms with E-state index in [0.717, 1.165) is 70.6 Å². The van der Waals surface area contributed by atoms with E-state index in [1.165, 1.54) is 22.4 Å². The first-order valence-electron chi connectivity index (χ1n) is 10.7. The molecule has 0 amide bonds. The lowest BCUT2D eigenvalue weighted by atomic mass is 9.80. The lowest BCUT2D eigenvalue weighted by Gasteiger charge is -2.36. The molecule has 5 rings (SSSR count). The molecular formula is C23H30N4O2. The van der Waals surface area contributed by atoms with Crippen molar-refractivity contribution in [2.24, 2.45) is 0 Å². The molecule has 2 saturated heterocycles. The van der Waals surface area contributed by atoms with Gasteiger partial charge in [0.05, 0.1) is 37.5 Å². The molecule has 6 heteroatoms. The van der Waals surface area contributed by atoms with E-state index in [2.05, 4.69) is 47.9 Å². The Hall–Kier alpha value is -2.02. The van der Waals surface area contributed by atoms with Crippen LogP contribution in [0.5, 0.6) is 0 Å². The monoisotopic (exact) mass is 394 g/mol. The van der Waals surface area contributed by atoms with Gasteiger partial charge in [0.2, 0.25) is 5.95 Å². The number of anilines is 1. The second-order valence-corrected chi connectivity index (χ2v) is 8.76. The largest absolute Gasteiger partial charge is 0.378 e. The third-order valence-corrected chi connectivity index (χ3v) is 6.54. The molecule has 1 aromatic carbocycles. The zero-order chi connectivity index (χ0) is 19.8. The summed E-state index contributed by atoms with van der Waals surface area (Å²) < 4.78 is 11.6. The molecule has 6 nitrogen and oxygen atoms in total. The second-order valence-electron chi connectivity index (χ2n) is 8.76. The average molecular weight is 395 g/mol. The molecule has 0 radical (unpaired) electrons. The summed E-state index contributed by atoms with van der Waals surface area (Å²) >= 11 is 0. The average Bonchev–Trinajstić information content (AvgIpc) is 3.12. The zero-order valence-corrected chi connectivity index (χ0v) is 17.5. The van der Waals surface area contributed by atoms with E-state index >= 15 is 0 Å². The van der Waals surface area contributed by atoms with Gasteiger partial charge < -0.3 is 14.4 Å². The normalized spacial score (nSPS) is 24.8. The summed E-state index contributed by atoms with van der Waals surface area (Å²) in [4.78, 5) is 14.8. The lowest BCUT2D eigenvalue weighted by molar-refractivity contribution is 0.0497.